The fourth-order valence-electron chi connectivity index (χ4n) is 1.70. The fraction of sp³-hybridized carbons (Fsp3) is 0.231. The summed E-state index contributed by atoms with van der Waals surface area (Å²) in [6.07, 6.45) is 0. The predicted octanol–water partition coefficient (Wildman–Crippen LogP) is 1.31. The summed E-state index contributed by atoms with van der Waals surface area (Å²) < 4.78 is 0. The molecule has 0 aromatic heterocycles. The average molecular weight is 262 g/mol. The van der Waals surface area contributed by atoms with Crippen molar-refractivity contribution in [1.29, 1.82) is 0 Å². The summed E-state index contributed by atoms with van der Waals surface area (Å²) in [5.74, 6) is 0.176. The summed E-state index contributed by atoms with van der Waals surface area (Å²) in [5.41, 5.74) is 1.74. The molecule has 0 spiro atoms. The molecule has 18 heavy (non-hydrogen) atoms. The van der Waals surface area contributed by atoms with Gasteiger partial charge in [-0.2, -0.15) is 0 Å². The zero-order chi connectivity index (χ0) is 13.0. The first-order chi connectivity index (χ1) is 8.72. The van der Waals surface area contributed by atoms with Crippen molar-refractivity contribution >= 4 is 29.3 Å². The van der Waals surface area contributed by atoms with E-state index in [0.29, 0.717) is 5.75 Å². The number of nitrogens with zero attached hydrogens (tertiary/aromatic N) is 1. The number of carbonyl (C=O) groups excluding carboxylic acids is 2. The molecular formula is C13H14N2O2S. The summed E-state index contributed by atoms with van der Waals surface area (Å²) in [4.78, 5) is 24.9. The molecule has 2 amide bonds. The van der Waals surface area contributed by atoms with Crippen LogP contribution in [0.15, 0.2) is 35.7 Å². The van der Waals surface area contributed by atoms with Gasteiger partial charge in [0.1, 0.15) is 6.54 Å². The van der Waals surface area contributed by atoms with E-state index in [2.05, 4.69) is 5.32 Å². The molecule has 0 atom stereocenters. The fourth-order valence-corrected chi connectivity index (χ4v) is 2.50. The summed E-state index contributed by atoms with van der Waals surface area (Å²) >= 11 is 1.46. The molecule has 5 heteroatoms. The number of nitrogens with one attached hydrogen (secondary N) is 1. The van der Waals surface area contributed by atoms with Gasteiger partial charge in [-0.15, -0.1) is 11.8 Å². The largest absolute Gasteiger partial charge is 0.358 e. The zero-order valence-corrected chi connectivity index (χ0v) is 10.9. The van der Waals surface area contributed by atoms with Gasteiger partial charge in [-0.1, -0.05) is 30.3 Å². The van der Waals surface area contributed by atoms with Gasteiger partial charge in [-0.3, -0.25) is 9.59 Å². The van der Waals surface area contributed by atoms with E-state index >= 15 is 0 Å². The minimum atomic E-state index is -0.169. The van der Waals surface area contributed by atoms with Gasteiger partial charge in [0.15, 0.2) is 0 Å². The molecule has 1 N–H and O–H groups in total. The summed E-state index contributed by atoms with van der Waals surface area (Å²) in [6, 6.07) is 9.62. The minimum Gasteiger partial charge on any atom is -0.358 e. The van der Waals surface area contributed by atoms with Crippen LogP contribution in [0.5, 0.6) is 0 Å². The number of hydrogen-bond acceptors (Lipinski definition) is 3. The van der Waals surface area contributed by atoms with E-state index in [-0.39, 0.29) is 18.4 Å². The summed E-state index contributed by atoms with van der Waals surface area (Å²) in [7, 11) is 1.57. The first kappa shape index (κ1) is 12.7. The van der Waals surface area contributed by atoms with Crippen LogP contribution in [0.4, 0.5) is 0 Å². The first-order valence-corrected chi connectivity index (χ1v) is 6.65. The average Bonchev–Trinajstić information content (AvgIpc) is 2.42. The quantitative estimate of drug-likeness (QED) is 0.893. The van der Waals surface area contributed by atoms with Crippen LogP contribution in [0, 0.1) is 0 Å². The third-order valence-corrected chi connectivity index (χ3v) is 3.45. The van der Waals surface area contributed by atoms with Crippen molar-refractivity contribution in [2.24, 2.45) is 0 Å². The maximum Gasteiger partial charge on any atom is 0.239 e. The molecule has 0 bridgehead atoms. The second-order valence-corrected chi connectivity index (χ2v) is 4.69. The Morgan fingerprint density at radius 1 is 1.39 bits per heavy atom. The Bertz CT molecular complexity index is 485. The van der Waals surface area contributed by atoms with Gasteiger partial charge in [-0.25, -0.2) is 0 Å². The molecule has 0 unspecified atom stereocenters. The molecule has 0 saturated heterocycles. The zero-order valence-electron chi connectivity index (χ0n) is 10.1. The number of rotatable bonds is 3. The molecule has 0 aliphatic carbocycles. The monoisotopic (exact) mass is 262 g/mol. The van der Waals surface area contributed by atoms with Gasteiger partial charge in [0.05, 0.1) is 11.4 Å². The third-order valence-electron chi connectivity index (χ3n) is 2.64. The topological polar surface area (TPSA) is 49.4 Å². The van der Waals surface area contributed by atoms with Gasteiger partial charge < -0.3 is 10.2 Å². The van der Waals surface area contributed by atoms with Crippen molar-refractivity contribution in [2.75, 3.05) is 19.3 Å². The van der Waals surface area contributed by atoms with E-state index < -0.39 is 0 Å². The number of likely N-dealkylation sites (N-methyl/N-ethyl adjacent to an activating group) is 1. The lowest BCUT2D eigenvalue weighted by molar-refractivity contribution is -0.130. The third kappa shape index (κ3) is 2.73. The van der Waals surface area contributed by atoms with E-state index in [1.165, 1.54) is 16.7 Å². The predicted molar refractivity (Wildman–Crippen MR) is 72.7 cm³/mol. The molecule has 94 valence electrons. The Morgan fingerprint density at radius 2 is 2.11 bits per heavy atom. The second kappa shape index (κ2) is 5.73. The summed E-state index contributed by atoms with van der Waals surface area (Å²) in [6.45, 7) is 0.0661. The lowest BCUT2D eigenvalue weighted by Gasteiger charge is -2.27. The maximum absolute atomic E-state index is 11.9. The Balaban J connectivity index is 2.28. The lowest BCUT2D eigenvalue weighted by Crippen LogP contribution is -2.40. The van der Waals surface area contributed by atoms with Crippen LogP contribution in [0.25, 0.3) is 5.70 Å². The van der Waals surface area contributed by atoms with Gasteiger partial charge in [0, 0.05) is 7.05 Å². The molecule has 0 radical (unpaired) electrons. The van der Waals surface area contributed by atoms with Crippen LogP contribution in [-0.4, -0.2) is 36.1 Å². The van der Waals surface area contributed by atoms with Crippen molar-refractivity contribution < 1.29 is 9.59 Å². The van der Waals surface area contributed by atoms with E-state index in [9.17, 15) is 9.59 Å². The molecule has 1 aliphatic heterocycles. The Labute approximate surface area is 110 Å². The van der Waals surface area contributed by atoms with Crippen molar-refractivity contribution in [3.8, 4) is 0 Å². The van der Waals surface area contributed by atoms with Crippen LogP contribution >= 0.6 is 11.8 Å². The highest BCUT2D eigenvalue weighted by molar-refractivity contribution is 8.03. The van der Waals surface area contributed by atoms with Gasteiger partial charge in [0.25, 0.3) is 0 Å². The molecule has 4 nitrogen and oxygen atoms in total. The van der Waals surface area contributed by atoms with Gasteiger partial charge in [-0.05, 0) is 11.0 Å². The maximum atomic E-state index is 11.9. The van der Waals surface area contributed by atoms with Crippen molar-refractivity contribution in [1.82, 2.24) is 10.2 Å². The van der Waals surface area contributed by atoms with Gasteiger partial charge >= 0.3 is 0 Å². The molecule has 2 rings (SSSR count). The lowest BCUT2D eigenvalue weighted by atomic mass is 10.1. The number of thioether (sulfide) groups is 1. The number of amides is 2. The standard InChI is InChI=1S/C13H14N2O2S/c1-14-12(16)7-15-11(8-18-9-13(15)17)10-5-3-2-4-6-10/h2-6,8H,7,9H2,1H3,(H,14,16). The molecular weight excluding hydrogens is 248 g/mol. The summed E-state index contributed by atoms with van der Waals surface area (Å²) in [5, 5.41) is 4.47. The van der Waals surface area contributed by atoms with E-state index in [1.54, 1.807) is 7.05 Å². The second-order valence-electron chi connectivity index (χ2n) is 3.83. The van der Waals surface area contributed by atoms with Crippen LogP contribution in [-0.2, 0) is 9.59 Å². The SMILES string of the molecule is CNC(=O)CN1C(=O)CSC=C1c1ccccc1. The van der Waals surface area contributed by atoms with Crippen LogP contribution in [0.2, 0.25) is 0 Å². The van der Waals surface area contributed by atoms with Crippen molar-refractivity contribution in [2.45, 2.75) is 0 Å². The van der Waals surface area contributed by atoms with Crippen LogP contribution < -0.4 is 5.32 Å². The molecule has 1 aromatic rings. The highest BCUT2D eigenvalue weighted by atomic mass is 32.2. The highest BCUT2D eigenvalue weighted by Crippen LogP contribution is 2.27. The first-order valence-electron chi connectivity index (χ1n) is 5.60. The van der Waals surface area contributed by atoms with Crippen LogP contribution in [0.1, 0.15) is 5.56 Å². The van der Waals surface area contributed by atoms with E-state index in [4.69, 9.17) is 0 Å². The van der Waals surface area contributed by atoms with Crippen molar-refractivity contribution in [3.63, 3.8) is 0 Å². The number of carbonyl (C=O) groups is 2. The normalized spacial score (nSPS) is 15.3. The van der Waals surface area contributed by atoms with E-state index in [1.807, 2.05) is 35.7 Å². The molecule has 1 heterocycles. The molecule has 1 aromatic carbocycles. The van der Waals surface area contributed by atoms with Gasteiger partial charge in [0.2, 0.25) is 11.8 Å². The molecule has 0 fully saturated rings. The Morgan fingerprint density at radius 3 is 2.78 bits per heavy atom. The van der Waals surface area contributed by atoms with Crippen LogP contribution in [0.3, 0.4) is 0 Å². The molecule has 1 aliphatic rings. The Hall–Kier alpha value is -1.75. The smallest absolute Gasteiger partial charge is 0.239 e. The van der Waals surface area contributed by atoms with E-state index in [0.717, 1.165) is 11.3 Å². The Kier molecular flexibility index (Phi) is 4.04. The minimum absolute atomic E-state index is 0.0371. The van der Waals surface area contributed by atoms with Crippen molar-refractivity contribution in [3.05, 3.63) is 41.3 Å². The number of benzene rings is 1. The highest BCUT2D eigenvalue weighted by Gasteiger charge is 2.24. The molecule has 0 saturated carbocycles. The number of hydrogen-bond donors (Lipinski definition) is 1.